The molecule has 7 heteroatoms. The maximum absolute atomic E-state index is 6.26. The molecule has 0 radical (unpaired) electrons. The van der Waals surface area contributed by atoms with E-state index in [0.717, 1.165) is 37.0 Å². The summed E-state index contributed by atoms with van der Waals surface area (Å²) in [4.78, 5) is 10.9. The van der Waals surface area contributed by atoms with Gasteiger partial charge in [0.1, 0.15) is 17.7 Å². The summed E-state index contributed by atoms with van der Waals surface area (Å²) < 4.78 is 5.89. The molecule has 1 aromatic heterocycles. The second kappa shape index (κ2) is 9.46. The SMILES string of the molecule is CN=C(NCC(C)Oc1ccccc1)NC1CCN(c2ncccc2Cl)C1. The van der Waals surface area contributed by atoms with E-state index < -0.39 is 0 Å². The molecule has 0 aliphatic carbocycles. The van der Waals surface area contributed by atoms with Crippen molar-refractivity contribution in [3.63, 3.8) is 0 Å². The van der Waals surface area contributed by atoms with Gasteiger partial charge in [-0.1, -0.05) is 29.8 Å². The van der Waals surface area contributed by atoms with E-state index in [0.29, 0.717) is 17.6 Å². The van der Waals surface area contributed by atoms with Crippen molar-refractivity contribution < 1.29 is 4.74 Å². The zero-order valence-corrected chi connectivity index (χ0v) is 16.5. The van der Waals surface area contributed by atoms with E-state index in [-0.39, 0.29) is 6.10 Å². The van der Waals surface area contributed by atoms with Gasteiger partial charge in [-0.05, 0) is 37.6 Å². The maximum Gasteiger partial charge on any atom is 0.191 e. The van der Waals surface area contributed by atoms with Crippen LogP contribution in [-0.4, -0.2) is 49.8 Å². The fourth-order valence-electron chi connectivity index (χ4n) is 3.08. The Labute approximate surface area is 165 Å². The Bertz CT molecular complexity index is 755. The van der Waals surface area contributed by atoms with E-state index in [4.69, 9.17) is 16.3 Å². The van der Waals surface area contributed by atoms with Gasteiger partial charge in [0.2, 0.25) is 0 Å². The fraction of sp³-hybridized carbons (Fsp3) is 0.400. The molecule has 27 heavy (non-hydrogen) atoms. The Morgan fingerprint density at radius 3 is 2.89 bits per heavy atom. The lowest BCUT2D eigenvalue weighted by molar-refractivity contribution is 0.223. The summed E-state index contributed by atoms with van der Waals surface area (Å²) in [7, 11) is 1.78. The van der Waals surface area contributed by atoms with Gasteiger partial charge < -0.3 is 20.3 Å². The van der Waals surface area contributed by atoms with Gasteiger partial charge in [0.15, 0.2) is 5.96 Å². The Morgan fingerprint density at radius 2 is 2.15 bits per heavy atom. The Balaban J connectivity index is 1.46. The average Bonchev–Trinajstić information content (AvgIpc) is 3.14. The van der Waals surface area contributed by atoms with Crippen molar-refractivity contribution in [2.24, 2.45) is 4.99 Å². The third-order valence-corrected chi connectivity index (χ3v) is 4.72. The molecule has 2 heterocycles. The molecule has 1 aromatic carbocycles. The van der Waals surface area contributed by atoms with Crippen LogP contribution in [-0.2, 0) is 0 Å². The number of aliphatic imine (C=N–C) groups is 1. The molecular formula is C20H26ClN5O. The first kappa shape index (κ1) is 19.3. The van der Waals surface area contributed by atoms with Crippen LogP contribution in [0.25, 0.3) is 0 Å². The minimum absolute atomic E-state index is 0.0263. The van der Waals surface area contributed by atoms with Crippen LogP contribution in [0.3, 0.4) is 0 Å². The summed E-state index contributed by atoms with van der Waals surface area (Å²) in [5.74, 6) is 2.49. The molecule has 2 unspecified atom stereocenters. The van der Waals surface area contributed by atoms with Crippen LogP contribution in [0.1, 0.15) is 13.3 Å². The van der Waals surface area contributed by atoms with E-state index >= 15 is 0 Å². The van der Waals surface area contributed by atoms with Gasteiger partial charge in [0, 0.05) is 32.4 Å². The van der Waals surface area contributed by atoms with Crippen molar-refractivity contribution in [2.75, 3.05) is 31.6 Å². The summed E-state index contributed by atoms with van der Waals surface area (Å²) in [6.07, 6.45) is 2.80. The molecule has 1 aliphatic heterocycles. The summed E-state index contributed by atoms with van der Waals surface area (Å²) >= 11 is 6.26. The summed E-state index contributed by atoms with van der Waals surface area (Å²) in [5, 5.41) is 7.50. The quantitative estimate of drug-likeness (QED) is 0.589. The molecule has 2 aromatic rings. The van der Waals surface area contributed by atoms with E-state index in [1.54, 1.807) is 13.2 Å². The third kappa shape index (κ3) is 5.50. The van der Waals surface area contributed by atoms with Crippen molar-refractivity contribution in [1.29, 1.82) is 0 Å². The number of guanidine groups is 1. The van der Waals surface area contributed by atoms with Gasteiger partial charge in [-0.3, -0.25) is 4.99 Å². The van der Waals surface area contributed by atoms with Crippen LogP contribution in [0, 0.1) is 0 Å². The molecule has 2 atom stereocenters. The van der Waals surface area contributed by atoms with Crippen molar-refractivity contribution in [3.05, 3.63) is 53.7 Å². The number of rotatable bonds is 6. The predicted octanol–water partition coefficient (Wildman–Crippen LogP) is 2.95. The topological polar surface area (TPSA) is 61.8 Å². The molecule has 3 rings (SSSR count). The molecular weight excluding hydrogens is 362 g/mol. The lowest BCUT2D eigenvalue weighted by Gasteiger charge is -2.21. The number of nitrogens with zero attached hydrogens (tertiary/aromatic N) is 3. The monoisotopic (exact) mass is 387 g/mol. The molecule has 0 bridgehead atoms. The van der Waals surface area contributed by atoms with Gasteiger partial charge in [0.25, 0.3) is 0 Å². The Hall–Kier alpha value is -2.47. The second-order valence-electron chi connectivity index (χ2n) is 6.58. The highest BCUT2D eigenvalue weighted by atomic mass is 35.5. The highest BCUT2D eigenvalue weighted by Gasteiger charge is 2.25. The van der Waals surface area contributed by atoms with Gasteiger partial charge in [-0.2, -0.15) is 0 Å². The lowest BCUT2D eigenvalue weighted by Crippen LogP contribution is -2.47. The van der Waals surface area contributed by atoms with Crippen LogP contribution in [0.5, 0.6) is 5.75 Å². The molecule has 144 valence electrons. The number of para-hydroxylation sites is 1. The summed E-state index contributed by atoms with van der Waals surface area (Å²) in [6, 6.07) is 13.8. The molecule has 0 spiro atoms. The molecule has 1 saturated heterocycles. The molecule has 1 aliphatic rings. The maximum atomic E-state index is 6.26. The van der Waals surface area contributed by atoms with Gasteiger partial charge in [-0.25, -0.2) is 4.98 Å². The summed E-state index contributed by atoms with van der Waals surface area (Å²) in [6.45, 7) is 4.46. The average molecular weight is 388 g/mol. The van der Waals surface area contributed by atoms with Crippen molar-refractivity contribution in [2.45, 2.75) is 25.5 Å². The number of benzene rings is 1. The molecule has 0 saturated carbocycles. The highest BCUT2D eigenvalue weighted by molar-refractivity contribution is 6.32. The smallest absolute Gasteiger partial charge is 0.191 e. The third-order valence-electron chi connectivity index (χ3n) is 4.43. The lowest BCUT2D eigenvalue weighted by atomic mass is 10.3. The fourth-order valence-corrected chi connectivity index (χ4v) is 3.32. The number of nitrogens with one attached hydrogen (secondary N) is 2. The molecule has 6 nitrogen and oxygen atoms in total. The number of ether oxygens (including phenoxy) is 1. The van der Waals surface area contributed by atoms with E-state index in [2.05, 4.69) is 25.5 Å². The number of halogens is 1. The zero-order valence-electron chi connectivity index (χ0n) is 15.7. The van der Waals surface area contributed by atoms with Crippen LogP contribution in [0.2, 0.25) is 5.02 Å². The summed E-state index contributed by atoms with van der Waals surface area (Å²) in [5.41, 5.74) is 0. The van der Waals surface area contributed by atoms with Crippen molar-refractivity contribution in [1.82, 2.24) is 15.6 Å². The molecule has 1 fully saturated rings. The van der Waals surface area contributed by atoms with Crippen LogP contribution >= 0.6 is 11.6 Å². The normalized spacial score (nSPS) is 18.3. The van der Waals surface area contributed by atoms with Crippen LogP contribution in [0.15, 0.2) is 53.7 Å². The van der Waals surface area contributed by atoms with Crippen LogP contribution in [0.4, 0.5) is 5.82 Å². The first-order chi connectivity index (χ1) is 13.2. The van der Waals surface area contributed by atoms with Gasteiger partial charge >= 0.3 is 0 Å². The standard InChI is InChI=1S/C20H26ClN5O/c1-15(27-17-7-4-3-5-8-17)13-24-20(22-2)25-16-10-12-26(14-16)19-18(21)9-6-11-23-19/h3-9,11,15-16H,10,12-14H2,1-2H3,(H2,22,24,25). The molecule has 2 N–H and O–H groups in total. The van der Waals surface area contributed by atoms with Crippen molar-refractivity contribution in [3.8, 4) is 5.75 Å². The van der Waals surface area contributed by atoms with Crippen LogP contribution < -0.4 is 20.3 Å². The molecule has 0 amide bonds. The largest absolute Gasteiger partial charge is 0.489 e. The van der Waals surface area contributed by atoms with Gasteiger partial charge in [0.05, 0.1) is 11.6 Å². The van der Waals surface area contributed by atoms with Gasteiger partial charge in [-0.15, -0.1) is 0 Å². The minimum Gasteiger partial charge on any atom is -0.489 e. The highest BCUT2D eigenvalue weighted by Crippen LogP contribution is 2.25. The Morgan fingerprint density at radius 1 is 1.33 bits per heavy atom. The van der Waals surface area contributed by atoms with E-state index in [1.807, 2.05) is 49.4 Å². The zero-order chi connectivity index (χ0) is 19.1. The minimum atomic E-state index is 0.0263. The first-order valence-corrected chi connectivity index (χ1v) is 9.58. The second-order valence-corrected chi connectivity index (χ2v) is 6.99. The number of anilines is 1. The number of pyridine rings is 1. The van der Waals surface area contributed by atoms with Crippen molar-refractivity contribution >= 4 is 23.4 Å². The van der Waals surface area contributed by atoms with E-state index in [9.17, 15) is 0 Å². The number of hydrogen-bond acceptors (Lipinski definition) is 4. The Kier molecular flexibility index (Phi) is 6.76. The van der Waals surface area contributed by atoms with E-state index in [1.165, 1.54) is 0 Å². The number of hydrogen-bond donors (Lipinski definition) is 2. The predicted molar refractivity (Wildman–Crippen MR) is 111 cm³/mol. The first-order valence-electron chi connectivity index (χ1n) is 9.20. The number of aromatic nitrogens is 1.